The summed E-state index contributed by atoms with van der Waals surface area (Å²) in [6.07, 6.45) is 3.22. The second kappa shape index (κ2) is 8.21. The van der Waals surface area contributed by atoms with Crippen molar-refractivity contribution in [3.05, 3.63) is 66.0 Å². The first-order chi connectivity index (χ1) is 13.7. The first-order valence-corrected chi connectivity index (χ1v) is 9.62. The van der Waals surface area contributed by atoms with E-state index in [9.17, 15) is 4.79 Å². The number of carbonyl (C=O) groups excluding carboxylic acids is 1. The molecule has 1 aliphatic heterocycles. The van der Waals surface area contributed by atoms with Crippen molar-refractivity contribution in [3.8, 4) is 5.82 Å². The second-order valence-electron chi connectivity index (χ2n) is 7.00. The molecule has 144 valence electrons. The summed E-state index contributed by atoms with van der Waals surface area (Å²) in [6.45, 7) is 4.92. The molecule has 0 saturated carbocycles. The molecule has 1 aromatic carbocycles. The number of piperazine rings is 1. The molecular formula is C21H24N6O. The summed E-state index contributed by atoms with van der Waals surface area (Å²) in [7, 11) is 0. The Morgan fingerprint density at radius 1 is 0.929 bits per heavy atom. The summed E-state index contributed by atoms with van der Waals surface area (Å²) in [5, 5.41) is 13.0. The molecule has 0 spiro atoms. The third kappa shape index (κ3) is 4.19. The maximum Gasteiger partial charge on any atom is 0.223 e. The van der Waals surface area contributed by atoms with Gasteiger partial charge in [-0.25, -0.2) is 4.68 Å². The van der Waals surface area contributed by atoms with Crippen LogP contribution in [0, 0.1) is 6.92 Å². The van der Waals surface area contributed by atoms with Gasteiger partial charge in [0.1, 0.15) is 0 Å². The molecule has 4 rings (SSSR count). The summed E-state index contributed by atoms with van der Waals surface area (Å²) in [5.41, 5.74) is 2.15. The van der Waals surface area contributed by atoms with Crippen LogP contribution in [0.3, 0.4) is 0 Å². The van der Waals surface area contributed by atoms with Crippen molar-refractivity contribution in [3.63, 3.8) is 0 Å². The maximum absolute atomic E-state index is 12.5. The number of amides is 1. The molecule has 1 saturated heterocycles. The van der Waals surface area contributed by atoms with Crippen LogP contribution in [0.1, 0.15) is 17.7 Å². The summed E-state index contributed by atoms with van der Waals surface area (Å²) in [6, 6.07) is 16.0. The largest absolute Gasteiger partial charge is 0.352 e. The van der Waals surface area contributed by atoms with Crippen LogP contribution >= 0.6 is 0 Å². The van der Waals surface area contributed by atoms with Gasteiger partial charge < -0.3 is 9.80 Å². The Morgan fingerprint density at radius 2 is 1.64 bits per heavy atom. The maximum atomic E-state index is 12.5. The van der Waals surface area contributed by atoms with Crippen LogP contribution < -0.4 is 4.90 Å². The van der Waals surface area contributed by atoms with Crippen LogP contribution in [0.25, 0.3) is 5.82 Å². The van der Waals surface area contributed by atoms with Crippen molar-refractivity contribution in [1.82, 2.24) is 24.9 Å². The van der Waals surface area contributed by atoms with E-state index in [1.807, 2.05) is 54.4 Å². The highest BCUT2D eigenvalue weighted by atomic mass is 16.2. The van der Waals surface area contributed by atoms with Crippen molar-refractivity contribution < 1.29 is 4.79 Å². The fraction of sp³-hybridized carbons (Fsp3) is 0.333. The van der Waals surface area contributed by atoms with E-state index in [2.05, 4.69) is 32.3 Å². The molecule has 3 aromatic rings. The van der Waals surface area contributed by atoms with Gasteiger partial charge in [0.2, 0.25) is 5.91 Å². The normalized spacial score (nSPS) is 14.3. The first-order valence-electron chi connectivity index (χ1n) is 9.62. The highest BCUT2D eigenvalue weighted by Crippen LogP contribution is 2.15. The lowest BCUT2D eigenvalue weighted by Crippen LogP contribution is -2.49. The number of rotatable bonds is 5. The van der Waals surface area contributed by atoms with E-state index in [1.165, 1.54) is 5.56 Å². The van der Waals surface area contributed by atoms with Crippen molar-refractivity contribution in [2.75, 3.05) is 31.1 Å². The zero-order valence-corrected chi connectivity index (χ0v) is 16.0. The monoisotopic (exact) mass is 376 g/mol. The molecule has 0 unspecified atom stereocenters. The quantitative estimate of drug-likeness (QED) is 0.683. The smallest absolute Gasteiger partial charge is 0.223 e. The van der Waals surface area contributed by atoms with Crippen molar-refractivity contribution in [1.29, 1.82) is 0 Å². The molecule has 2 aromatic heterocycles. The molecule has 0 bridgehead atoms. The van der Waals surface area contributed by atoms with Gasteiger partial charge in [0.05, 0.1) is 5.69 Å². The van der Waals surface area contributed by atoms with Gasteiger partial charge in [-0.15, -0.1) is 10.2 Å². The zero-order chi connectivity index (χ0) is 19.3. The average Bonchev–Trinajstić information content (AvgIpc) is 3.19. The third-order valence-electron chi connectivity index (χ3n) is 5.02. The van der Waals surface area contributed by atoms with Crippen LogP contribution in [-0.2, 0) is 11.2 Å². The lowest BCUT2D eigenvalue weighted by molar-refractivity contribution is -0.131. The molecule has 7 nitrogen and oxygen atoms in total. The standard InChI is InChI=1S/C21H24N6O/c1-17-11-12-27(24-17)20-9-8-19(22-23-20)25-13-15-26(16-14-25)21(28)10-7-18-5-3-2-4-6-18/h2-6,8-9,11-12H,7,10,13-16H2,1H3. The van der Waals surface area contributed by atoms with Gasteiger partial charge >= 0.3 is 0 Å². The molecular weight excluding hydrogens is 352 g/mol. The van der Waals surface area contributed by atoms with Crippen LogP contribution in [0.15, 0.2) is 54.7 Å². The number of aryl methyl sites for hydroxylation is 2. The van der Waals surface area contributed by atoms with E-state index in [-0.39, 0.29) is 5.91 Å². The number of nitrogens with zero attached hydrogens (tertiary/aromatic N) is 6. The Labute approximate surface area is 164 Å². The van der Waals surface area contributed by atoms with E-state index in [4.69, 9.17) is 0 Å². The highest BCUT2D eigenvalue weighted by Gasteiger charge is 2.22. The molecule has 7 heteroatoms. The number of benzene rings is 1. The zero-order valence-electron chi connectivity index (χ0n) is 16.0. The molecule has 0 radical (unpaired) electrons. The Hall–Kier alpha value is -3.22. The lowest BCUT2D eigenvalue weighted by atomic mass is 10.1. The van der Waals surface area contributed by atoms with Crippen molar-refractivity contribution in [2.24, 2.45) is 0 Å². The number of hydrogen-bond donors (Lipinski definition) is 0. The lowest BCUT2D eigenvalue weighted by Gasteiger charge is -2.35. The minimum atomic E-state index is 0.221. The van der Waals surface area contributed by atoms with Gasteiger partial charge in [-0.3, -0.25) is 4.79 Å². The van der Waals surface area contributed by atoms with Crippen LogP contribution in [-0.4, -0.2) is 57.0 Å². The summed E-state index contributed by atoms with van der Waals surface area (Å²) < 4.78 is 1.72. The summed E-state index contributed by atoms with van der Waals surface area (Å²) >= 11 is 0. The minimum Gasteiger partial charge on any atom is -0.352 e. The summed E-state index contributed by atoms with van der Waals surface area (Å²) in [4.78, 5) is 16.6. The predicted octanol–water partition coefficient (Wildman–Crippen LogP) is 2.25. The SMILES string of the molecule is Cc1ccn(-c2ccc(N3CCN(C(=O)CCc4ccccc4)CC3)nn2)n1. The number of anilines is 1. The van der Waals surface area contributed by atoms with E-state index in [1.54, 1.807) is 4.68 Å². The van der Waals surface area contributed by atoms with Gasteiger partial charge in [0, 0.05) is 38.8 Å². The fourth-order valence-corrected chi connectivity index (χ4v) is 3.39. The molecule has 1 fully saturated rings. The molecule has 3 heterocycles. The molecule has 0 N–H and O–H groups in total. The van der Waals surface area contributed by atoms with Crippen molar-refractivity contribution in [2.45, 2.75) is 19.8 Å². The second-order valence-corrected chi connectivity index (χ2v) is 7.00. The molecule has 28 heavy (non-hydrogen) atoms. The third-order valence-corrected chi connectivity index (χ3v) is 5.02. The number of hydrogen-bond acceptors (Lipinski definition) is 5. The molecule has 0 atom stereocenters. The van der Waals surface area contributed by atoms with Gasteiger partial charge in [-0.2, -0.15) is 5.10 Å². The number of aromatic nitrogens is 4. The van der Waals surface area contributed by atoms with Crippen LogP contribution in [0.2, 0.25) is 0 Å². The summed E-state index contributed by atoms with van der Waals surface area (Å²) in [5.74, 6) is 1.76. The van der Waals surface area contributed by atoms with Gasteiger partial charge in [-0.1, -0.05) is 30.3 Å². The van der Waals surface area contributed by atoms with E-state index < -0.39 is 0 Å². The molecule has 1 amide bonds. The highest BCUT2D eigenvalue weighted by molar-refractivity contribution is 5.76. The van der Waals surface area contributed by atoms with Crippen molar-refractivity contribution >= 4 is 11.7 Å². The average molecular weight is 376 g/mol. The Bertz CT molecular complexity index is 914. The van der Waals surface area contributed by atoms with Gasteiger partial charge in [0.25, 0.3) is 0 Å². The van der Waals surface area contributed by atoms with E-state index >= 15 is 0 Å². The fourth-order valence-electron chi connectivity index (χ4n) is 3.39. The van der Waals surface area contributed by atoms with E-state index in [0.717, 1.165) is 44.1 Å². The Balaban J connectivity index is 1.29. The van der Waals surface area contributed by atoms with Gasteiger partial charge in [-0.05, 0) is 37.1 Å². The molecule has 1 aliphatic rings. The number of carbonyl (C=O) groups is 1. The Kier molecular flexibility index (Phi) is 5.32. The van der Waals surface area contributed by atoms with Crippen LogP contribution in [0.5, 0.6) is 0 Å². The van der Waals surface area contributed by atoms with Crippen LogP contribution in [0.4, 0.5) is 5.82 Å². The Morgan fingerprint density at radius 3 is 2.29 bits per heavy atom. The topological polar surface area (TPSA) is 67.2 Å². The minimum absolute atomic E-state index is 0.221. The predicted molar refractivity (Wildman–Crippen MR) is 107 cm³/mol. The molecule has 0 aliphatic carbocycles. The first kappa shape index (κ1) is 18.2. The van der Waals surface area contributed by atoms with Gasteiger partial charge in [0.15, 0.2) is 11.6 Å². The van der Waals surface area contributed by atoms with E-state index in [0.29, 0.717) is 12.2 Å².